The summed E-state index contributed by atoms with van der Waals surface area (Å²) in [5.41, 5.74) is 5.89. The van der Waals surface area contributed by atoms with Crippen LogP contribution in [0, 0.1) is 27.7 Å². The lowest BCUT2D eigenvalue weighted by Crippen LogP contribution is -2.05. The Balaban J connectivity index is 1.86. The summed E-state index contributed by atoms with van der Waals surface area (Å²) in [6.07, 6.45) is 2.51. The van der Waals surface area contributed by atoms with Gasteiger partial charge in [-0.15, -0.1) is 0 Å². The molecule has 0 aliphatic carbocycles. The summed E-state index contributed by atoms with van der Waals surface area (Å²) >= 11 is 0. The number of hydrogen-bond acceptors (Lipinski definition) is 2. The Morgan fingerprint density at radius 3 is 1.42 bits per heavy atom. The molecule has 0 unspecified atom stereocenters. The molecule has 0 aromatic heterocycles. The highest BCUT2D eigenvalue weighted by molar-refractivity contribution is 5.98. The van der Waals surface area contributed by atoms with Gasteiger partial charge in [-0.3, -0.25) is 9.59 Å². The first-order valence-corrected chi connectivity index (χ1v) is 8.59. The van der Waals surface area contributed by atoms with Gasteiger partial charge >= 0.3 is 0 Å². The molecular weight excluding hydrogens is 296 g/mol. The molecule has 2 nitrogen and oxygen atoms in total. The topological polar surface area (TPSA) is 34.1 Å². The number of Topliss-reactive ketones (excluding diaryl/α,β-unsaturated/α-hetero) is 2. The molecule has 24 heavy (non-hydrogen) atoms. The minimum absolute atomic E-state index is 0.176. The smallest absolute Gasteiger partial charge is 0.163 e. The second-order valence-electron chi connectivity index (χ2n) is 6.69. The Labute approximate surface area is 144 Å². The van der Waals surface area contributed by atoms with Crippen LogP contribution in [0.2, 0.25) is 0 Å². The zero-order valence-electron chi connectivity index (χ0n) is 15.1. The monoisotopic (exact) mass is 322 g/mol. The minimum atomic E-state index is 0.176. The summed E-state index contributed by atoms with van der Waals surface area (Å²) < 4.78 is 0. The fourth-order valence-electron chi connectivity index (χ4n) is 2.91. The zero-order chi connectivity index (χ0) is 17.7. The van der Waals surface area contributed by atoms with E-state index in [0.29, 0.717) is 12.8 Å². The second kappa shape index (κ2) is 8.05. The largest absolute Gasteiger partial charge is 0.294 e. The Bertz CT molecular complexity index is 691. The van der Waals surface area contributed by atoms with Crippen molar-refractivity contribution in [2.45, 2.75) is 53.4 Å². The highest BCUT2D eigenvalue weighted by Crippen LogP contribution is 2.17. The minimum Gasteiger partial charge on any atom is -0.294 e. The first-order valence-electron chi connectivity index (χ1n) is 8.59. The van der Waals surface area contributed by atoms with Crippen molar-refractivity contribution in [3.8, 4) is 0 Å². The first kappa shape index (κ1) is 18.1. The number of ketones is 2. The molecule has 0 fully saturated rings. The van der Waals surface area contributed by atoms with Crippen molar-refractivity contribution in [2.75, 3.05) is 0 Å². The summed E-state index contributed by atoms with van der Waals surface area (Å²) in [7, 11) is 0. The van der Waals surface area contributed by atoms with E-state index in [4.69, 9.17) is 0 Å². The molecule has 0 N–H and O–H groups in total. The number of benzene rings is 2. The van der Waals surface area contributed by atoms with Crippen LogP contribution in [0.1, 0.15) is 68.7 Å². The Morgan fingerprint density at radius 1 is 0.667 bits per heavy atom. The highest BCUT2D eigenvalue weighted by Gasteiger charge is 2.12. The molecule has 0 amide bonds. The predicted octanol–water partition coefficient (Wildman–Crippen LogP) is 5.55. The number of carbonyl (C=O) groups is 2. The molecule has 2 aromatic carbocycles. The van der Waals surface area contributed by atoms with E-state index in [-0.39, 0.29) is 11.6 Å². The first-order chi connectivity index (χ1) is 11.4. The van der Waals surface area contributed by atoms with Gasteiger partial charge in [-0.05, 0) is 63.8 Å². The van der Waals surface area contributed by atoms with E-state index in [9.17, 15) is 9.59 Å². The van der Waals surface area contributed by atoms with Gasteiger partial charge in [-0.25, -0.2) is 0 Å². The predicted molar refractivity (Wildman–Crippen MR) is 99.0 cm³/mol. The SMILES string of the molecule is Cc1ccc(C)c(C(=O)CCCCC(=O)c2cc(C)ccc2C)c1. The molecule has 0 bridgehead atoms. The van der Waals surface area contributed by atoms with Crippen molar-refractivity contribution in [1.29, 1.82) is 0 Å². The van der Waals surface area contributed by atoms with Gasteiger partial charge in [0.05, 0.1) is 0 Å². The molecule has 0 radical (unpaired) electrons. The molecule has 2 heteroatoms. The molecule has 0 atom stereocenters. The van der Waals surface area contributed by atoms with Crippen molar-refractivity contribution < 1.29 is 9.59 Å². The number of aryl methyl sites for hydroxylation is 4. The second-order valence-corrected chi connectivity index (χ2v) is 6.69. The Hall–Kier alpha value is -2.22. The number of hydrogen-bond donors (Lipinski definition) is 0. The van der Waals surface area contributed by atoms with Gasteiger partial charge in [0.2, 0.25) is 0 Å². The highest BCUT2D eigenvalue weighted by atomic mass is 16.1. The summed E-state index contributed by atoms with van der Waals surface area (Å²) in [6.45, 7) is 7.94. The maximum absolute atomic E-state index is 12.3. The fraction of sp³-hybridized carbons (Fsp3) is 0.364. The van der Waals surface area contributed by atoms with Gasteiger partial charge in [-0.1, -0.05) is 35.4 Å². The van der Waals surface area contributed by atoms with Crippen molar-refractivity contribution in [1.82, 2.24) is 0 Å². The van der Waals surface area contributed by atoms with Crippen molar-refractivity contribution >= 4 is 11.6 Å². The van der Waals surface area contributed by atoms with E-state index >= 15 is 0 Å². The van der Waals surface area contributed by atoms with E-state index in [1.807, 2.05) is 64.1 Å². The van der Waals surface area contributed by atoms with E-state index in [1.54, 1.807) is 0 Å². The van der Waals surface area contributed by atoms with Crippen LogP contribution in [0.3, 0.4) is 0 Å². The van der Waals surface area contributed by atoms with Crippen LogP contribution < -0.4 is 0 Å². The van der Waals surface area contributed by atoms with Crippen molar-refractivity contribution in [3.63, 3.8) is 0 Å². The lowest BCUT2D eigenvalue weighted by molar-refractivity contribution is 0.0954. The van der Waals surface area contributed by atoms with Crippen molar-refractivity contribution in [2.24, 2.45) is 0 Å². The van der Waals surface area contributed by atoms with Gasteiger partial charge < -0.3 is 0 Å². The molecule has 0 aliphatic heterocycles. The molecule has 0 aliphatic rings. The molecule has 0 spiro atoms. The molecule has 2 aromatic rings. The van der Waals surface area contributed by atoms with Gasteiger partial charge in [0.25, 0.3) is 0 Å². The maximum Gasteiger partial charge on any atom is 0.163 e. The van der Waals surface area contributed by atoms with E-state index in [0.717, 1.165) is 46.2 Å². The molecular formula is C22H26O2. The summed E-state index contributed by atoms with van der Waals surface area (Å²) in [6, 6.07) is 11.9. The summed E-state index contributed by atoms with van der Waals surface area (Å²) in [4.78, 5) is 24.7. The van der Waals surface area contributed by atoms with Crippen LogP contribution in [0.25, 0.3) is 0 Å². The Kier molecular flexibility index (Phi) is 6.08. The van der Waals surface area contributed by atoms with E-state index in [1.165, 1.54) is 0 Å². The number of carbonyl (C=O) groups excluding carboxylic acids is 2. The zero-order valence-corrected chi connectivity index (χ0v) is 15.1. The lowest BCUT2D eigenvalue weighted by atomic mass is 9.96. The van der Waals surface area contributed by atoms with Gasteiger partial charge in [0.15, 0.2) is 11.6 Å². The fourth-order valence-corrected chi connectivity index (χ4v) is 2.91. The molecule has 0 saturated carbocycles. The summed E-state index contributed by atoms with van der Waals surface area (Å²) in [5, 5.41) is 0. The molecule has 0 heterocycles. The number of unbranched alkanes of at least 4 members (excludes halogenated alkanes) is 1. The molecule has 126 valence electrons. The van der Waals surface area contributed by atoms with Crippen molar-refractivity contribution in [3.05, 3.63) is 69.8 Å². The third kappa shape index (κ3) is 4.64. The summed E-state index contributed by atoms with van der Waals surface area (Å²) in [5.74, 6) is 0.353. The van der Waals surface area contributed by atoms with Gasteiger partial charge in [-0.2, -0.15) is 0 Å². The van der Waals surface area contributed by atoms with E-state index < -0.39 is 0 Å². The van der Waals surface area contributed by atoms with Gasteiger partial charge in [0, 0.05) is 24.0 Å². The maximum atomic E-state index is 12.3. The quantitative estimate of drug-likeness (QED) is 0.495. The average Bonchev–Trinajstić information content (AvgIpc) is 2.55. The third-order valence-corrected chi connectivity index (χ3v) is 4.44. The standard InChI is InChI=1S/C22H26O2/c1-15-9-11-17(3)19(13-15)21(23)7-5-6-8-22(24)20-14-16(2)10-12-18(20)4/h9-14H,5-8H2,1-4H3. The molecule has 2 rings (SSSR count). The van der Waals surface area contributed by atoms with Crippen LogP contribution in [0.5, 0.6) is 0 Å². The van der Waals surface area contributed by atoms with Crippen LogP contribution in [-0.2, 0) is 0 Å². The van der Waals surface area contributed by atoms with Gasteiger partial charge in [0.1, 0.15) is 0 Å². The number of rotatable bonds is 7. The average molecular weight is 322 g/mol. The van der Waals surface area contributed by atoms with Crippen LogP contribution in [0.4, 0.5) is 0 Å². The lowest BCUT2D eigenvalue weighted by Gasteiger charge is -2.08. The van der Waals surface area contributed by atoms with Crippen LogP contribution in [0.15, 0.2) is 36.4 Å². The van der Waals surface area contributed by atoms with E-state index in [2.05, 4.69) is 0 Å². The normalized spacial score (nSPS) is 10.7. The molecule has 0 saturated heterocycles. The van der Waals surface area contributed by atoms with Crippen LogP contribution >= 0.6 is 0 Å². The van der Waals surface area contributed by atoms with Crippen LogP contribution in [-0.4, -0.2) is 11.6 Å². The third-order valence-electron chi connectivity index (χ3n) is 4.44. The Morgan fingerprint density at radius 2 is 1.04 bits per heavy atom.